The fourth-order valence-corrected chi connectivity index (χ4v) is 1.79. The van der Waals surface area contributed by atoms with Crippen molar-refractivity contribution in [2.45, 2.75) is 25.8 Å². The van der Waals surface area contributed by atoms with E-state index in [1.54, 1.807) is 0 Å². The van der Waals surface area contributed by atoms with Gasteiger partial charge in [-0.2, -0.15) is 5.10 Å². The number of aromatic amines is 1. The van der Waals surface area contributed by atoms with Crippen LogP contribution in [-0.2, 0) is 0 Å². The Morgan fingerprint density at radius 2 is 2.44 bits per heavy atom. The van der Waals surface area contributed by atoms with Crippen molar-refractivity contribution >= 4 is 16.6 Å². The molecule has 0 spiro atoms. The fourth-order valence-electron chi connectivity index (χ4n) is 1.79. The zero-order chi connectivity index (χ0) is 11.4. The minimum Gasteiger partial charge on any atom is -0.381 e. The first-order valence-electron chi connectivity index (χ1n) is 5.61. The Hall–Kier alpha value is -1.77. The molecule has 1 heterocycles. The molecule has 0 saturated carbocycles. The van der Waals surface area contributed by atoms with Gasteiger partial charge >= 0.3 is 0 Å². The molecule has 0 fully saturated rings. The minimum atomic E-state index is 0.437. The summed E-state index contributed by atoms with van der Waals surface area (Å²) in [6, 6.07) is 6.61. The Morgan fingerprint density at radius 1 is 1.56 bits per heavy atom. The van der Waals surface area contributed by atoms with Gasteiger partial charge in [-0.15, -0.1) is 6.58 Å². The van der Waals surface area contributed by atoms with Crippen LogP contribution in [0.15, 0.2) is 37.1 Å². The second kappa shape index (κ2) is 4.84. The van der Waals surface area contributed by atoms with E-state index in [0.717, 1.165) is 29.4 Å². The maximum atomic E-state index is 4.05. The average Bonchev–Trinajstić information content (AvgIpc) is 2.75. The second-order valence-electron chi connectivity index (χ2n) is 4.05. The summed E-state index contributed by atoms with van der Waals surface area (Å²) in [7, 11) is 0. The Balaban J connectivity index is 2.14. The maximum Gasteiger partial charge on any atom is 0.0881 e. The van der Waals surface area contributed by atoms with E-state index < -0.39 is 0 Å². The number of rotatable bonds is 5. The quantitative estimate of drug-likeness (QED) is 0.751. The predicted molar refractivity (Wildman–Crippen MR) is 68.6 cm³/mol. The van der Waals surface area contributed by atoms with E-state index >= 15 is 0 Å². The van der Waals surface area contributed by atoms with Crippen molar-refractivity contribution in [3.8, 4) is 0 Å². The predicted octanol–water partition coefficient (Wildman–Crippen LogP) is 3.33. The van der Waals surface area contributed by atoms with Crippen LogP contribution in [0.3, 0.4) is 0 Å². The van der Waals surface area contributed by atoms with Crippen LogP contribution < -0.4 is 5.32 Å². The molecule has 1 aromatic carbocycles. The summed E-state index contributed by atoms with van der Waals surface area (Å²) in [4.78, 5) is 0. The molecule has 0 saturated heterocycles. The summed E-state index contributed by atoms with van der Waals surface area (Å²) < 4.78 is 0. The normalized spacial score (nSPS) is 12.6. The summed E-state index contributed by atoms with van der Waals surface area (Å²) in [5.74, 6) is 0. The van der Waals surface area contributed by atoms with E-state index in [4.69, 9.17) is 0 Å². The summed E-state index contributed by atoms with van der Waals surface area (Å²) in [5.41, 5.74) is 2.19. The number of nitrogens with one attached hydrogen (secondary N) is 2. The molecule has 84 valence electrons. The third kappa shape index (κ3) is 2.24. The van der Waals surface area contributed by atoms with Gasteiger partial charge in [0, 0.05) is 11.4 Å². The topological polar surface area (TPSA) is 40.7 Å². The van der Waals surface area contributed by atoms with Gasteiger partial charge in [0.2, 0.25) is 0 Å². The molecule has 16 heavy (non-hydrogen) atoms. The number of hydrogen-bond acceptors (Lipinski definition) is 2. The molecular weight excluding hydrogens is 198 g/mol. The highest BCUT2D eigenvalue weighted by molar-refractivity contribution is 5.89. The molecule has 0 aliphatic heterocycles. The van der Waals surface area contributed by atoms with Crippen LogP contribution in [0.2, 0.25) is 0 Å². The average molecular weight is 215 g/mol. The second-order valence-corrected chi connectivity index (χ2v) is 4.05. The Bertz CT molecular complexity index is 473. The van der Waals surface area contributed by atoms with Gasteiger partial charge in [0.05, 0.1) is 17.4 Å². The zero-order valence-corrected chi connectivity index (χ0v) is 9.53. The smallest absolute Gasteiger partial charge is 0.0881 e. The van der Waals surface area contributed by atoms with Gasteiger partial charge in [-0.1, -0.05) is 18.2 Å². The van der Waals surface area contributed by atoms with Crippen molar-refractivity contribution in [1.82, 2.24) is 10.2 Å². The standard InChI is InChI=1S/C13H17N3/c1-3-4-6-10(2)15-12-8-5-7-11-9-14-16-13(11)12/h3,5,7-10,15H,1,4,6H2,2H3,(H,14,16). The molecule has 2 rings (SSSR count). The van der Waals surface area contributed by atoms with Crippen LogP contribution in [-0.4, -0.2) is 16.2 Å². The van der Waals surface area contributed by atoms with Gasteiger partial charge in [0.1, 0.15) is 0 Å². The highest BCUT2D eigenvalue weighted by Gasteiger charge is 2.05. The highest BCUT2D eigenvalue weighted by Crippen LogP contribution is 2.21. The fraction of sp³-hybridized carbons (Fsp3) is 0.308. The van der Waals surface area contributed by atoms with Crippen LogP contribution in [0.1, 0.15) is 19.8 Å². The van der Waals surface area contributed by atoms with Crippen LogP contribution in [0.5, 0.6) is 0 Å². The Kier molecular flexibility index (Phi) is 3.25. The maximum absolute atomic E-state index is 4.05. The van der Waals surface area contributed by atoms with Gasteiger partial charge in [-0.25, -0.2) is 0 Å². The third-order valence-corrected chi connectivity index (χ3v) is 2.68. The SMILES string of the molecule is C=CCCC(C)Nc1cccc2cn[nH]c12. The largest absolute Gasteiger partial charge is 0.381 e. The summed E-state index contributed by atoms with van der Waals surface area (Å²) >= 11 is 0. The van der Waals surface area contributed by atoms with Gasteiger partial charge < -0.3 is 5.32 Å². The molecular formula is C13H17N3. The lowest BCUT2D eigenvalue weighted by atomic mass is 10.1. The van der Waals surface area contributed by atoms with Crippen molar-refractivity contribution in [2.24, 2.45) is 0 Å². The third-order valence-electron chi connectivity index (χ3n) is 2.68. The number of nitrogens with zero attached hydrogens (tertiary/aromatic N) is 1. The van der Waals surface area contributed by atoms with Crippen molar-refractivity contribution in [2.75, 3.05) is 5.32 Å². The van der Waals surface area contributed by atoms with E-state index in [-0.39, 0.29) is 0 Å². The number of para-hydroxylation sites is 1. The lowest BCUT2D eigenvalue weighted by Gasteiger charge is -2.14. The van der Waals surface area contributed by atoms with Gasteiger partial charge in [-0.3, -0.25) is 5.10 Å². The summed E-state index contributed by atoms with van der Waals surface area (Å²) in [5, 5.41) is 11.7. The summed E-state index contributed by atoms with van der Waals surface area (Å²) in [6.45, 7) is 5.92. The van der Waals surface area contributed by atoms with Crippen LogP contribution >= 0.6 is 0 Å². The van der Waals surface area contributed by atoms with Gasteiger partial charge in [-0.05, 0) is 25.8 Å². The number of benzene rings is 1. The van der Waals surface area contributed by atoms with Gasteiger partial charge in [0.25, 0.3) is 0 Å². The van der Waals surface area contributed by atoms with E-state index in [1.807, 2.05) is 18.3 Å². The van der Waals surface area contributed by atoms with Crippen molar-refractivity contribution in [3.05, 3.63) is 37.1 Å². The Labute approximate surface area is 95.6 Å². The first kappa shape index (κ1) is 10.7. The highest BCUT2D eigenvalue weighted by atomic mass is 15.1. The van der Waals surface area contributed by atoms with E-state index in [0.29, 0.717) is 6.04 Å². The van der Waals surface area contributed by atoms with E-state index in [9.17, 15) is 0 Å². The summed E-state index contributed by atoms with van der Waals surface area (Å²) in [6.07, 6.45) is 5.92. The molecule has 3 nitrogen and oxygen atoms in total. The van der Waals surface area contributed by atoms with Crippen LogP contribution in [0.25, 0.3) is 10.9 Å². The van der Waals surface area contributed by atoms with Gasteiger partial charge in [0.15, 0.2) is 0 Å². The monoisotopic (exact) mass is 215 g/mol. The molecule has 0 aliphatic rings. The van der Waals surface area contributed by atoms with Crippen molar-refractivity contribution in [3.63, 3.8) is 0 Å². The lowest BCUT2D eigenvalue weighted by molar-refractivity contribution is 0.719. The molecule has 1 aromatic heterocycles. The number of fused-ring (bicyclic) bond motifs is 1. The first-order chi connectivity index (χ1) is 7.81. The molecule has 0 amide bonds. The molecule has 0 radical (unpaired) electrons. The number of hydrogen-bond donors (Lipinski definition) is 2. The van der Waals surface area contributed by atoms with E-state index in [2.05, 4.69) is 41.1 Å². The molecule has 1 unspecified atom stereocenters. The number of H-pyrrole nitrogens is 1. The van der Waals surface area contributed by atoms with Crippen LogP contribution in [0.4, 0.5) is 5.69 Å². The number of anilines is 1. The number of aromatic nitrogens is 2. The molecule has 0 bridgehead atoms. The molecule has 1 atom stereocenters. The van der Waals surface area contributed by atoms with Crippen LogP contribution in [0, 0.1) is 0 Å². The molecule has 2 N–H and O–H groups in total. The first-order valence-corrected chi connectivity index (χ1v) is 5.61. The zero-order valence-electron chi connectivity index (χ0n) is 9.53. The van der Waals surface area contributed by atoms with Crippen molar-refractivity contribution < 1.29 is 0 Å². The molecule has 2 aromatic rings. The minimum absolute atomic E-state index is 0.437. The van der Waals surface area contributed by atoms with Crippen molar-refractivity contribution in [1.29, 1.82) is 0 Å². The molecule has 3 heteroatoms. The Morgan fingerprint density at radius 3 is 3.25 bits per heavy atom. The lowest BCUT2D eigenvalue weighted by Crippen LogP contribution is -2.14. The van der Waals surface area contributed by atoms with E-state index in [1.165, 1.54) is 0 Å². The molecule has 0 aliphatic carbocycles. The number of allylic oxidation sites excluding steroid dienone is 1.